The Bertz CT molecular complexity index is 602. The van der Waals surface area contributed by atoms with Crippen LogP contribution in [0.3, 0.4) is 0 Å². The second-order valence-electron chi connectivity index (χ2n) is 5.89. The van der Waals surface area contributed by atoms with Crippen molar-refractivity contribution >= 4 is 15.9 Å². The van der Waals surface area contributed by atoms with Crippen molar-refractivity contribution in [2.75, 3.05) is 31.9 Å². The summed E-state index contributed by atoms with van der Waals surface area (Å²) in [5.74, 6) is 0.275. The topological polar surface area (TPSA) is 57.7 Å². The number of aryl methyl sites for hydroxylation is 1. The highest BCUT2D eigenvalue weighted by molar-refractivity contribution is 7.89. The molecule has 128 valence electrons. The Morgan fingerprint density at radius 2 is 1.83 bits per heavy atom. The van der Waals surface area contributed by atoms with Crippen LogP contribution in [0.2, 0.25) is 0 Å². The third-order valence-electron chi connectivity index (χ3n) is 4.21. The molecule has 1 saturated heterocycles. The van der Waals surface area contributed by atoms with Gasteiger partial charge in [-0.3, -0.25) is 4.79 Å². The van der Waals surface area contributed by atoms with Crippen molar-refractivity contribution in [2.45, 2.75) is 32.6 Å². The molecule has 6 heteroatoms. The van der Waals surface area contributed by atoms with E-state index in [4.69, 9.17) is 0 Å². The zero-order valence-corrected chi connectivity index (χ0v) is 14.6. The molecule has 0 saturated carbocycles. The highest BCUT2D eigenvalue weighted by atomic mass is 32.2. The van der Waals surface area contributed by atoms with E-state index in [2.05, 4.69) is 0 Å². The van der Waals surface area contributed by atoms with Crippen LogP contribution in [0, 0.1) is 0 Å². The molecule has 1 aromatic carbocycles. The molecule has 0 radical (unpaired) electrons. The fourth-order valence-corrected chi connectivity index (χ4v) is 4.41. The van der Waals surface area contributed by atoms with Crippen LogP contribution in [0.4, 0.5) is 0 Å². The molecule has 1 aliphatic heterocycles. The molecule has 0 atom stereocenters. The van der Waals surface area contributed by atoms with Gasteiger partial charge < -0.3 is 4.90 Å². The molecule has 1 fully saturated rings. The van der Waals surface area contributed by atoms with Crippen molar-refractivity contribution in [3.63, 3.8) is 0 Å². The van der Waals surface area contributed by atoms with Gasteiger partial charge in [0.25, 0.3) is 0 Å². The smallest absolute Gasteiger partial charge is 0.222 e. The number of carbonyl (C=O) groups excluding carboxylic acids is 1. The van der Waals surface area contributed by atoms with Gasteiger partial charge in [0.2, 0.25) is 15.9 Å². The second kappa shape index (κ2) is 8.45. The highest BCUT2D eigenvalue weighted by Crippen LogP contribution is 2.12. The van der Waals surface area contributed by atoms with Gasteiger partial charge in [0.1, 0.15) is 0 Å². The number of nitrogens with zero attached hydrogens (tertiary/aromatic N) is 2. The Labute approximate surface area is 139 Å². The average molecular weight is 338 g/mol. The third-order valence-corrected chi connectivity index (χ3v) is 6.17. The molecule has 0 N–H and O–H groups in total. The molecule has 0 unspecified atom stereocenters. The molecular formula is C17H26N2O3S. The molecule has 0 aliphatic carbocycles. The molecular weight excluding hydrogens is 312 g/mol. The average Bonchev–Trinajstić information content (AvgIpc) is 2.81. The number of rotatable bonds is 6. The normalized spacial score (nSPS) is 17.0. The Morgan fingerprint density at radius 3 is 2.52 bits per heavy atom. The molecule has 0 aromatic heterocycles. The van der Waals surface area contributed by atoms with Gasteiger partial charge in [-0.15, -0.1) is 0 Å². The summed E-state index contributed by atoms with van der Waals surface area (Å²) in [7, 11) is -3.24. The zero-order chi connectivity index (χ0) is 16.7. The molecule has 2 rings (SSSR count). The predicted octanol–water partition coefficient (Wildman–Crippen LogP) is 1.89. The maximum absolute atomic E-state index is 12.5. The molecule has 0 spiro atoms. The standard InChI is InChI=1S/C17H26N2O3S/c1-2-17(20)18-11-7-12-19(14-13-18)23(21,22)15-6-10-16-8-4-3-5-9-16/h3-5,8-9H,2,6-7,10-15H2,1H3. The minimum Gasteiger partial charge on any atom is -0.341 e. The van der Waals surface area contributed by atoms with Gasteiger partial charge in [0, 0.05) is 32.6 Å². The van der Waals surface area contributed by atoms with Gasteiger partial charge in [-0.1, -0.05) is 37.3 Å². The fourth-order valence-electron chi connectivity index (χ4n) is 2.88. The first kappa shape index (κ1) is 17.9. The predicted molar refractivity (Wildman–Crippen MR) is 91.6 cm³/mol. The largest absolute Gasteiger partial charge is 0.341 e. The molecule has 1 aromatic rings. The van der Waals surface area contributed by atoms with E-state index in [1.54, 1.807) is 9.21 Å². The van der Waals surface area contributed by atoms with E-state index in [9.17, 15) is 13.2 Å². The molecule has 1 heterocycles. The number of carbonyl (C=O) groups is 1. The Hall–Kier alpha value is -1.40. The van der Waals surface area contributed by atoms with Crippen LogP contribution in [0.15, 0.2) is 30.3 Å². The summed E-state index contributed by atoms with van der Waals surface area (Å²) in [5, 5.41) is 0. The quantitative estimate of drug-likeness (QED) is 0.796. The maximum atomic E-state index is 12.5. The molecule has 5 nitrogen and oxygen atoms in total. The zero-order valence-electron chi connectivity index (χ0n) is 13.8. The minimum absolute atomic E-state index is 0.105. The van der Waals surface area contributed by atoms with Gasteiger partial charge in [0.15, 0.2) is 0 Å². The van der Waals surface area contributed by atoms with Gasteiger partial charge >= 0.3 is 0 Å². The van der Waals surface area contributed by atoms with Crippen molar-refractivity contribution in [3.05, 3.63) is 35.9 Å². The monoisotopic (exact) mass is 338 g/mol. The number of hydrogen-bond donors (Lipinski definition) is 0. The van der Waals surface area contributed by atoms with Crippen molar-refractivity contribution in [3.8, 4) is 0 Å². The van der Waals surface area contributed by atoms with E-state index in [-0.39, 0.29) is 11.7 Å². The van der Waals surface area contributed by atoms with E-state index in [1.165, 1.54) is 5.56 Å². The lowest BCUT2D eigenvalue weighted by molar-refractivity contribution is -0.130. The minimum atomic E-state index is -3.24. The lowest BCUT2D eigenvalue weighted by Gasteiger charge is -2.21. The summed E-state index contributed by atoms with van der Waals surface area (Å²) in [6, 6.07) is 9.94. The Balaban J connectivity index is 1.85. The fraction of sp³-hybridized carbons (Fsp3) is 0.588. The molecule has 23 heavy (non-hydrogen) atoms. The lowest BCUT2D eigenvalue weighted by atomic mass is 10.1. The van der Waals surface area contributed by atoms with Crippen LogP contribution in [0.1, 0.15) is 31.7 Å². The number of amides is 1. The van der Waals surface area contributed by atoms with E-state index in [0.29, 0.717) is 45.4 Å². The number of sulfonamides is 1. The number of benzene rings is 1. The van der Waals surface area contributed by atoms with Crippen molar-refractivity contribution in [1.29, 1.82) is 0 Å². The third kappa shape index (κ3) is 5.32. The molecule has 0 bridgehead atoms. The van der Waals surface area contributed by atoms with E-state index >= 15 is 0 Å². The Morgan fingerprint density at radius 1 is 1.09 bits per heavy atom. The van der Waals surface area contributed by atoms with E-state index < -0.39 is 10.0 Å². The van der Waals surface area contributed by atoms with Gasteiger partial charge in [-0.2, -0.15) is 0 Å². The van der Waals surface area contributed by atoms with Crippen molar-refractivity contribution < 1.29 is 13.2 Å². The summed E-state index contributed by atoms with van der Waals surface area (Å²) < 4.78 is 26.6. The lowest BCUT2D eigenvalue weighted by Crippen LogP contribution is -2.38. The van der Waals surface area contributed by atoms with E-state index in [1.807, 2.05) is 37.3 Å². The van der Waals surface area contributed by atoms with Crippen molar-refractivity contribution in [2.24, 2.45) is 0 Å². The summed E-state index contributed by atoms with van der Waals surface area (Å²) in [5.41, 5.74) is 1.17. The first-order valence-corrected chi connectivity index (χ1v) is 9.93. The van der Waals surface area contributed by atoms with Crippen molar-refractivity contribution in [1.82, 2.24) is 9.21 Å². The van der Waals surface area contributed by atoms with Crippen LogP contribution >= 0.6 is 0 Å². The SMILES string of the molecule is CCC(=O)N1CCCN(S(=O)(=O)CCCc2ccccc2)CC1. The maximum Gasteiger partial charge on any atom is 0.222 e. The second-order valence-corrected chi connectivity index (χ2v) is 7.98. The van der Waals surface area contributed by atoms with Crippen LogP contribution in [-0.4, -0.2) is 55.5 Å². The van der Waals surface area contributed by atoms with Crippen LogP contribution in [0.5, 0.6) is 0 Å². The summed E-state index contributed by atoms with van der Waals surface area (Å²) >= 11 is 0. The number of hydrogen-bond acceptors (Lipinski definition) is 3. The van der Waals surface area contributed by atoms with Gasteiger partial charge in [-0.25, -0.2) is 12.7 Å². The highest BCUT2D eigenvalue weighted by Gasteiger charge is 2.25. The summed E-state index contributed by atoms with van der Waals surface area (Å²) in [4.78, 5) is 13.5. The molecule has 1 aliphatic rings. The first-order valence-electron chi connectivity index (χ1n) is 8.32. The van der Waals surface area contributed by atoms with Crippen LogP contribution < -0.4 is 0 Å². The van der Waals surface area contributed by atoms with Gasteiger partial charge in [-0.05, 0) is 24.8 Å². The van der Waals surface area contributed by atoms with Gasteiger partial charge in [0.05, 0.1) is 5.75 Å². The summed E-state index contributed by atoms with van der Waals surface area (Å²) in [6.45, 7) is 3.93. The Kier molecular flexibility index (Phi) is 6.59. The van der Waals surface area contributed by atoms with E-state index in [0.717, 1.165) is 6.42 Å². The summed E-state index contributed by atoms with van der Waals surface area (Å²) in [6.07, 6.45) is 2.59. The van der Waals surface area contributed by atoms with Crippen LogP contribution in [0.25, 0.3) is 0 Å². The van der Waals surface area contributed by atoms with Crippen LogP contribution in [-0.2, 0) is 21.2 Å². The first-order chi connectivity index (χ1) is 11.0. The molecule has 1 amide bonds.